The van der Waals surface area contributed by atoms with Gasteiger partial charge in [0.05, 0.1) is 0 Å². The molecule has 0 aromatic heterocycles. The Labute approximate surface area is 85.7 Å². The van der Waals surface area contributed by atoms with Crippen molar-refractivity contribution in [3.63, 3.8) is 0 Å². The molecular weight excluding hydrogens is 170 g/mol. The van der Waals surface area contributed by atoms with Gasteiger partial charge in [-0.3, -0.25) is 0 Å². The molecular formula is C13H17N. The average molecular weight is 187 g/mol. The van der Waals surface area contributed by atoms with Crippen molar-refractivity contribution in [2.75, 3.05) is 4.90 Å². The average Bonchev–Trinajstić information content (AvgIpc) is 2.51. The van der Waals surface area contributed by atoms with E-state index >= 15 is 0 Å². The highest BCUT2D eigenvalue weighted by Gasteiger charge is 2.33. The molecule has 0 saturated heterocycles. The highest BCUT2D eigenvalue weighted by molar-refractivity contribution is 5.66. The third-order valence-corrected chi connectivity index (χ3v) is 3.76. The number of hydrogen-bond donors (Lipinski definition) is 0. The van der Waals surface area contributed by atoms with E-state index in [1.54, 1.807) is 16.8 Å². The van der Waals surface area contributed by atoms with E-state index in [1.165, 1.54) is 19.3 Å². The summed E-state index contributed by atoms with van der Waals surface area (Å²) in [7, 11) is 0. The molecule has 3 rings (SSSR count). The predicted octanol–water partition coefficient (Wildman–Crippen LogP) is 2.77. The van der Waals surface area contributed by atoms with E-state index in [0.29, 0.717) is 6.04 Å². The Balaban J connectivity index is 2.19. The molecule has 0 spiro atoms. The van der Waals surface area contributed by atoms with Gasteiger partial charge in [-0.05, 0) is 44.2 Å². The molecule has 2 aliphatic heterocycles. The quantitative estimate of drug-likeness (QED) is 0.603. The third kappa shape index (κ3) is 0.956. The number of anilines is 1. The first-order chi connectivity index (χ1) is 6.77. The van der Waals surface area contributed by atoms with E-state index in [0.717, 1.165) is 6.04 Å². The van der Waals surface area contributed by atoms with E-state index < -0.39 is 0 Å². The van der Waals surface area contributed by atoms with Crippen LogP contribution >= 0.6 is 0 Å². The number of hydrogen-bond acceptors (Lipinski definition) is 1. The van der Waals surface area contributed by atoms with Crippen LogP contribution in [0.5, 0.6) is 0 Å². The summed E-state index contributed by atoms with van der Waals surface area (Å²) in [6, 6.07) is 8.27. The molecule has 1 aromatic rings. The first-order valence-corrected chi connectivity index (χ1v) is 5.66. The Bertz CT molecular complexity index is 369. The van der Waals surface area contributed by atoms with Gasteiger partial charge in [-0.2, -0.15) is 0 Å². The fraction of sp³-hybridized carbons (Fsp3) is 0.538. The smallest absolute Gasteiger partial charge is 0.0437 e. The molecule has 1 nitrogen and oxygen atoms in total. The Morgan fingerprint density at radius 2 is 1.93 bits per heavy atom. The normalized spacial score (nSPS) is 29.1. The van der Waals surface area contributed by atoms with Crippen LogP contribution in [0, 0.1) is 0 Å². The molecule has 0 aliphatic carbocycles. The van der Waals surface area contributed by atoms with Crippen LogP contribution in [0.25, 0.3) is 0 Å². The fourth-order valence-electron chi connectivity index (χ4n) is 3.14. The second kappa shape index (κ2) is 2.75. The Morgan fingerprint density at radius 3 is 2.79 bits per heavy atom. The first kappa shape index (κ1) is 8.34. The Kier molecular flexibility index (Phi) is 1.64. The molecule has 14 heavy (non-hydrogen) atoms. The molecule has 0 fully saturated rings. The minimum absolute atomic E-state index is 0.710. The fourth-order valence-corrected chi connectivity index (χ4v) is 3.14. The van der Waals surface area contributed by atoms with Crippen molar-refractivity contribution < 1.29 is 0 Å². The number of benzene rings is 1. The van der Waals surface area contributed by atoms with Gasteiger partial charge in [0.1, 0.15) is 0 Å². The maximum absolute atomic E-state index is 2.63. The van der Waals surface area contributed by atoms with Gasteiger partial charge in [0.25, 0.3) is 0 Å². The summed E-state index contributed by atoms with van der Waals surface area (Å²) in [5.74, 6) is 0. The van der Waals surface area contributed by atoms with E-state index in [1.807, 2.05) is 0 Å². The van der Waals surface area contributed by atoms with Gasteiger partial charge in [-0.1, -0.05) is 18.2 Å². The Morgan fingerprint density at radius 1 is 1.14 bits per heavy atom. The monoisotopic (exact) mass is 187 g/mol. The van der Waals surface area contributed by atoms with Gasteiger partial charge >= 0.3 is 0 Å². The van der Waals surface area contributed by atoms with Crippen molar-refractivity contribution in [2.24, 2.45) is 0 Å². The van der Waals surface area contributed by atoms with Crippen molar-refractivity contribution in [2.45, 2.75) is 45.2 Å². The summed E-state index contributed by atoms with van der Waals surface area (Å²) in [6.45, 7) is 4.72. The zero-order chi connectivity index (χ0) is 9.71. The van der Waals surface area contributed by atoms with Gasteiger partial charge < -0.3 is 4.90 Å². The highest BCUT2D eigenvalue weighted by Crippen LogP contribution is 2.41. The molecule has 0 N–H and O–H groups in total. The number of para-hydroxylation sites is 1. The third-order valence-electron chi connectivity index (χ3n) is 3.76. The second-order valence-corrected chi connectivity index (χ2v) is 4.77. The van der Waals surface area contributed by atoms with Crippen LogP contribution < -0.4 is 4.90 Å². The Hall–Kier alpha value is -0.980. The molecule has 74 valence electrons. The molecule has 2 atom stereocenters. The van der Waals surface area contributed by atoms with Crippen molar-refractivity contribution in [1.29, 1.82) is 0 Å². The van der Waals surface area contributed by atoms with E-state index in [9.17, 15) is 0 Å². The van der Waals surface area contributed by atoms with Gasteiger partial charge in [-0.15, -0.1) is 0 Å². The van der Waals surface area contributed by atoms with Gasteiger partial charge in [0, 0.05) is 17.8 Å². The maximum atomic E-state index is 2.63. The minimum atomic E-state index is 0.710. The number of aryl methyl sites for hydroxylation is 1. The highest BCUT2D eigenvalue weighted by atomic mass is 15.2. The van der Waals surface area contributed by atoms with Crippen molar-refractivity contribution in [3.05, 3.63) is 29.3 Å². The van der Waals surface area contributed by atoms with Crippen molar-refractivity contribution >= 4 is 5.69 Å². The van der Waals surface area contributed by atoms with Crippen LogP contribution in [-0.2, 0) is 12.8 Å². The maximum Gasteiger partial charge on any atom is 0.0437 e. The van der Waals surface area contributed by atoms with E-state index in [2.05, 4.69) is 36.9 Å². The molecule has 1 heteroatoms. The molecule has 2 aliphatic rings. The van der Waals surface area contributed by atoms with Crippen LogP contribution in [0.3, 0.4) is 0 Å². The summed E-state index contributed by atoms with van der Waals surface area (Å²) in [5, 5.41) is 0. The lowest BCUT2D eigenvalue weighted by molar-refractivity contribution is 0.525. The lowest BCUT2D eigenvalue weighted by atomic mass is 9.96. The standard InChI is InChI=1S/C13H17N/c1-9-6-7-11-4-3-5-12-8-10(2)14(9)13(11)12/h3-5,9-10H,6-8H2,1-2H3/t9-,10-/m1/s1. The topological polar surface area (TPSA) is 3.24 Å². The van der Waals surface area contributed by atoms with Crippen LogP contribution in [-0.4, -0.2) is 12.1 Å². The molecule has 0 bridgehead atoms. The summed E-state index contributed by atoms with van der Waals surface area (Å²) in [4.78, 5) is 2.63. The van der Waals surface area contributed by atoms with Gasteiger partial charge in [-0.25, -0.2) is 0 Å². The largest absolute Gasteiger partial charge is 0.365 e. The lowest BCUT2D eigenvalue weighted by Crippen LogP contribution is -2.40. The molecule has 2 heterocycles. The summed E-state index contributed by atoms with van der Waals surface area (Å²) < 4.78 is 0. The number of rotatable bonds is 0. The zero-order valence-corrected chi connectivity index (χ0v) is 8.96. The molecule has 0 radical (unpaired) electrons. The van der Waals surface area contributed by atoms with E-state index in [-0.39, 0.29) is 0 Å². The minimum Gasteiger partial charge on any atom is -0.365 e. The van der Waals surface area contributed by atoms with Crippen LogP contribution in [0.1, 0.15) is 31.4 Å². The molecule has 1 aromatic carbocycles. The lowest BCUT2D eigenvalue weighted by Gasteiger charge is -2.37. The number of nitrogens with zero attached hydrogens (tertiary/aromatic N) is 1. The van der Waals surface area contributed by atoms with Crippen molar-refractivity contribution in [3.8, 4) is 0 Å². The predicted molar refractivity (Wildman–Crippen MR) is 59.9 cm³/mol. The molecule has 0 unspecified atom stereocenters. The summed E-state index contributed by atoms with van der Waals surface area (Å²) >= 11 is 0. The summed E-state index contributed by atoms with van der Waals surface area (Å²) in [5.41, 5.74) is 4.71. The van der Waals surface area contributed by atoms with E-state index in [4.69, 9.17) is 0 Å². The molecule has 0 saturated carbocycles. The van der Waals surface area contributed by atoms with Gasteiger partial charge in [0.2, 0.25) is 0 Å². The zero-order valence-electron chi connectivity index (χ0n) is 8.96. The van der Waals surface area contributed by atoms with Gasteiger partial charge in [0.15, 0.2) is 0 Å². The summed E-state index contributed by atoms with van der Waals surface area (Å²) in [6.07, 6.45) is 3.84. The van der Waals surface area contributed by atoms with Crippen LogP contribution in [0.15, 0.2) is 18.2 Å². The molecule has 0 amide bonds. The van der Waals surface area contributed by atoms with Crippen LogP contribution in [0.2, 0.25) is 0 Å². The SMILES string of the molecule is C[C@@H]1CCc2cccc3c2N1[C@H](C)C3. The second-order valence-electron chi connectivity index (χ2n) is 4.77. The van der Waals surface area contributed by atoms with Crippen LogP contribution in [0.4, 0.5) is 5.69 Å². The van der Waals surface area contributed by atoms with Crippen molar-refractivity contribution in [1.82, 2.24) is 0 Å². The first-order valence-electron chi connectivity index (χ1n) is 5.66.